The molecule has 136 valence electrons. The monoisotopic (exact) mass is 345 g/mol. The summed E-state index contributed by atoms with van der Waals surface area (Å²) in [4.78, 5) is 14.2. The molecule has 0 unspecified atom stereocenters. The Balaban J connectivity index is 1.94. The maximum atomic E-state index is 12.4. The number of ether oxygens (including phenoxy) is 1. The van der Waals surface area contributed by atoms with Crippen molar-refractivity contribution >= 4 is 11.8 Å². The van der Waals surface area contributed by atoms with E-state index in [2.05, 4.69) is 0 Å². The highest BCUT2D eigenvalue weighted by molar-refractivity contribution is 5.72. The van der Waals surface area contributed by atoms with Crippen molar-refractivity contribution in [3.8, 4) is 0 Å². The predicted octanol–water partition coefficient (Wildman–Crippen LogP) is 2.11. The molecule has 0 saturated heterocycles. The lowest BCUT2D eigenvalue weighted by Gasteiger charge is -2.30. The van der Waals surface area contributed by atoms with Crippen LogP contribution < -0.4 is 11.5 Å². The van der Waals surface area contributed by atoms with Gasteiger partial charge in [-0.2, -0.15) is 5.10 Å². The first-order valence-electron chi connectivity index (χ1n) is 8.74. The lowest BCUT2D eigenvalue weighted by atomic mass is 10.0. The summed E-state index contributed by atoms with van der Waals surface area (Å²) in [6.45, 7) is 7.52. The van der Waals surface area contributed by atoms with Crippen LogP contribution in [0.15, 0.2) is 17.8 Å². The van der Waals surface area contributed by atoms with Gasteiger partial charge in [0.1, 0.15) is 5.60 Å². The highest BCUT2D eigenvalue weighted by Gasteiger charge is 2.31. The van der Waals surface area contributed by atoms with Crippen molar-refractivity contribution < 1.29 is 9.53 Å². The van der Waals surface area contributed by atoms with Crippen molar-refractivity contribution in [2.75, 3.05) is 6.54 Å². The average Bonchev–Trinajstić information content (AvgIpc) is 2.81. The summed E-state index contributed by atoms with van der Waals surface area (Å²) in [5.41, 5.74) is 16.2. The van der Waals surface area contributed by atoms with Crippen molar-refractivity contribution in [2.45, 2.75) is 58.7 Å². The molecule has 2 aliphatic heterocycles. The van der Waals surface area contributed by atoms with Crippen LogP contribution in [0.2, 0.25) is 0 Å². The second-order valence-corrected chi connectivity index (χ2v) is 7.55. The second kappa shape index (κ2) is 6.46. The lowest BCUT2D eigenvalue weighted by molar-refractivity contribution is 0.0223. The number of nitrogens with two attached hydrogens (primary N) is 2. The normalized spacial score (nSPS) is 18.1. The van der Waals surface area contributed by atoms with E-state index in [1.807, 2.05) is 31.5 Å². The highest BCUT2D eigenvalue weighted by atomic mass is 16.6. The molecule has 4 N–H and O–H groups in total. The fourth-order valence-corrected chi connectivity index (χ4v) is 3.37. The number of aromatic nitrogens is 2. The Labute approximate surface area is 148 Å². The fraction of sp³-hybridized carbons (Fsp3) is 0.556. The molecule has 7 nitrogen and oxygen atoms in total. The first-order chi connectivity index (χ1) is 11.8. The Morgan fingerprint density at radius 2 is 2.04 bits per heavy atom. The van der Waals surface area contributed by atoms with Gasteiger partial charge in [0.15, 0.2) is 0 Å². The van der Waals surface area contributed by atoms with Crippen LogP contribution in [-0.4, -0.2) is 32.9 Å². The van der Waals surface area contributed by atoms with Gasteiger partial charge in [0.2, 0.25) is 0 Å². The van der Waals surface area contributed by atoms with Gasteiger partial charge >= 0.3 is 6.09 Å². The summed E-state index contributed by atoms with van der Waals surface area (Å²) < 4.78 is 7.49. The Morgan fingerprint density at radius 1 is 1.28 bits per heavy atom. The van der Waals surface area contributed by atoms with E-state index in [0.717, 1.165) is 41.9 Å². The number of allylic oxidation sites excluding steroid dienone is 2. The maximum absolute atomic E-state index is 12.4. The zero-order valence-corrected chi connectivity index (χ0v) is 15.2. The fourth-order valence-electron chi connectivity index (χ4n) is 3.37. The average molecular weight is 345 g/mol. The van der Waals surface area contributed by atoms with E-state index in [9.17, 15) is 4.79 Å². The van der Waals surface area contributed by atoms with Gasteiger partial charge in [-0.3, -0.25) is 4.68 Å². The number of amides is 1. The number of hydrogen-bond donors (Lipinski definition) is 2. The van der Waals surface area contributed by atoms with E-state index >= 15 is 0 Å². The van der Waals surface area contributed by atoms with Crippen LogP contribution in [0.3, 0.4) is 0 Å². The van der Waals surface area contributed by atoms with Crippen LogP contribution in [0.5, 0.6) is 0 Å². The van der Waals surface area contributed by atoms with Crippen LogP contribution in [-0.2, 0) is 24.2 Å². The van der Waals surface area contributed by atoms with Gasteiger partial charge in [-0.15, -0.1) is 0 Å². The minimum atomic E-state index is -0.509. The van der Waals surface area contributed by atoms with Gasteiger partial charge in [-0.25, -0.2) is 4.79 Å². The molecule has 0 spiro atoms. The maximum Gasteiger partial charge on any atom is 0.410 e. The van der Waals surface area contributed by atoms with Crippen LogP contribution >= 0.6 is 0 Å². The van der Waals surface area contributed by atoms with E-state index in [1.54, 1.807) is 4.90 Å². The molecule has 1 amide bonds. The summed E-state index contributed by atoms with van der Waals surface area (Å²) in [5.74, 6) is 0. The van der Waals surface area contributed by atoms with Crippen LogP contribution in [0.4, 0.5) is 4.79 Å². The molecule has 1 aromatic heterocycles. The van der Waals surface area contributed by atoms with E-state index < -0.39 is 5.60 Å². The van der Waals surface area contributed by atoms with Crippen molar-refractivity contribution in [1.29, 1.82) is 0 Å². The van der Waals surface area contributed by atoms with E-state index in [0.29, 0.717) is 25.2 Å². The molecule has 3 rings (SSSR count). The molecular formula is C18H27N5O2. The Kier molecular flexibility index (Phi) is 4.49. The molecule has 7 heteroatoms. The van der Waals surface area contributed by atoms with Crippen molar-refractivity contribution in [3.63, 3.8) is 0 Å². The van der Waals surface area contributed by atoms with Crippen molar-refractivity contribution in [2.24, 2.45) is 11.5 Å². The Hall–Kier alpha value is -2.44. The van der Waals surface area contributed by atoms with Gasteiger partial charge in [-0.1, -0.05) is 0 Å². The minimum absolute atomic E-state index is 0.295. The third-order valence-corrected chi connectivity index (χ3v) is 4.47. The summed E-state index contributed by atoms with van der Waals surface area (Å²) in [6.07, 6.45) is 5.63. The molecule has 2 aliphatic rings. The highest BCUT2D eigenvalue weighted by Crippen LogP contribution is 2.31. The summed E-state index contributed by atoms with van der Waals surface area (Å²) in [5, 5.41) is 4.73. The summed E-state index contributed by atoms with van der Waals surface area (Å²) in [7, 11) is 0. The first kappa shape index (κ1) is 17.4. The second-order valence-electron chi connectivity index (χ2n) is 7.55. The van der Waals surface area contributed by atoms with Gasteiger partial charge in [-0.05, 0) is 51.5 Å². The van der Waals surface area contributed by atoms with E-state index in [-0.39, 0.29) is 6.09 Å². The predicted molar refractivity (Wildman–Crippen MR) is 96.2 cm³/mol. The molecule has 0 aromatic carbocycles. The molecule has 3 heterocycles. The number of hydrogen-bond acceptors (Lipinski definition) is 5. The van der Waals surface area contributed by atoms with E-state index in [1.165, 1.54) is 6.20 Å². The van der Waals surface area contributed by atoms with Gasteiger partial charge in [0, 0.05) is 25.1 Å². The standard InChI is InChI=1S/C18H27N5O2/c1-18(2,3)25-17(24)22-10-7-14-13(11-22)16-15(20)12(6-8-19)5-4-9-23(16)21-14/h6,8H,4-5,7,9-11,19-20H2,1-3H3/b8-6-. The lowest BCUT2D eigenvalue weighted by Crippen LogP contribution is -2.40. The summed E-state index contributed by atoms with van der Waals surface area (Å²) in [6, 6.07) is 0. The topological polar surface area (TPSA) is 99.4 Å². The van der Waals surface area contributed by atoms with Crippen LogP contribution in [0.25, 0.3) is 5.70 Å². The Bertz CT molecular complexity index is 739. The zero-order valence-electron chi connectivity index (χ0n) is 15.2. The third-order valence-electron chi connectivity index (χ3n) is 4.47. The molecule has 25 heavy (non-hydrogen) atoms. The molecule has 0 saturated carbocycles. The SMILES string of the molecule is CC(C)(C)OC(=O)N1CCc2nn3c(c2C1)C(N)=C(/C=C\N)CCC3. The van der Waals surface area contributed by atoms with E-state index in [4.69, 9.17) is 21.3 Å². The molecule has 0 aliphatic carbocycles. The summed E-state index contributed by atoms with van der Waals surface area (Å²) >= 11 is 0. The zero-order chi connectivity index (χ0) is 18.2. The van der Waals surface area contributed by atoms with Crippen LogP contribution in [0.1, 0.15) is 50.6 Å². The van der Waals surface area contributed by atoms with Gasteiger partial charge in [0.05, 0.1) is 23.6 Å². The number of rotatable bonds is 1. The molecule has 1 aromatic rings. The largest absolute Gasteiger partial charge is 0.444 e. The number of aryl methyl sites for hydroxylation is 1. The number of carbonyl (C=O) groups excluding carboxylic acids is 1. The minimum Gasteiger partial charge on any atom is -0.444 e. The van der Waals surface area contributed by atoms with Crippen molar-refractivity contribution in [1.82, 2.24) is 14.7 Å². The van der Waals surface area contributed by atoms with Gasteiger partial charge in [0.25, 0.3) is 0 Å². The molecular weight excluding hydrogens is 318 g/mol. The molecule has 0 fully saturated rings. The quantitative estimate of drug-likeness (QED) is 0.812. The van der Waals surface area contributed by atoms with Gasteiger partial charge < -0.3 is 21.1 Å². The smallest absolute Gasteiger partial charge is 0.410 e. The first-order valence-corrected chi connectivity index (χ1v) is 8.74. The third kappa shape index (κ3) is 3.50. The van der Waals surface area contributed by atoms with Crippen LogP contribution in [0, 0.1) is 0 Å². The number of fused-ring (bicyclic) bond motifs is 3. The number of carbonyl (C=O) groups is 1. The number of nitrogens with zero attached hydrogens (tertiary/aromatic N) is 3. The molecule has 0 atom stereocenters. The van der Waals surface area contributed by atoms with Crippen molar-refractivity contribution in [3.05, 3.63) is 34.8 Å². The molecule has 0 bridgehead atoms. The Morgan fingerprint density at radius 3 is 2.72 bits per heavy atom. The molecule has 0 radical (unpaired) electrons.